The van der Waals surface area contributed by atoms with Gasteiger partial charge in [-0.15, -0.1) is 12.4 Å². The van der Waals surface area contributed by atoms with Gasteiger partial charge >= 0.3 is 0 Å². The van der Waals surface area contributed by atoms with Crippen LogP contribution < -0.4 is 5.43 Å². The summed E-state index contributed by atoms with van der Waals surface area (Å²) in [5.41, 5.74) is 0.930. The summed E-state index contributed by atoms with van der Waals surface area (Å²) < 4.78 is 5.09. The zero-order chi connectivity index (χ0) is 7.68. The first-order valence-electron chi connectivity index (χ1n) is 3.34. The predicted molar refractivity (Wildman–Crippen MR) is 48.8 cm³/mol. The van der Waals surface area contributed by atoms with E-state index in [9.17, 15) is 4.79 Å². The molecular weight excluding hydrogens is 176 g/mol. The van der Waals surface area contributed by atoms with E-state index < -0.39 is 0 Å². The van der Waals surface area contributed by atoms with E-state index in [1.807, 2.05) is 6.07 Å². The molecule has 62 valence electrons. The van der Waals surface area contributed by atoms with Crippen molar-refractivity contribution in [3.05, 3.63) is 46.8 Å². The molecule has 0 spiro atoms. The molecule has 1 aliphatic heterocycles. The molecule has 1 heterocycles. The largest absolute Gasteiger partial charge is 0.464 e. The van der Waals surface area contributed by atoms with Crippen molar-refractivity contribution in [2.45, 2.75) is 0 Å². The van der Waals surface area contributed by atoms with Gasteiger partial charge in [0, 0.05) is 11.6 Å². The first kappa shape index (κ1) is 8.81. The minimum Gasteiger partial charge on any atom is -0.464 e. The molecular formula is C9H7ClO2. The van der Waals surface area contributed by atoms with E-state index in [1.54, 1.807) is 18.4 Å². The highest BCUT2D eigenvalue weighted by Crippen LogP contribution is 2.17. The fourth-order valence-corrected chi connectivity index (χ4v) is 1.01. The van der Waals surface area contributed by atoms with Gasteiger partial charge in [-0.25, -0.2) is 0 Å². The molecule has 2 nitrogen and oxygen atoms in total. The second kappa shape index (κ2) is 3.41. The molecule has 2 rings (SSSR count). The smallest absolute Gasteiger partial charge is 0.182 e. The van der Waals surface area contributed by atoms with Crippen LogP contribution in [0.1, 0.15) is 0 Å². The maximum absolute atomic E-state index is 10.8. The molecule has 0 aromatic rings. The van der Waals surface area contributed by atoms with Crippen molar-refractivity contribution in [2.75, 3.05) is 0 Å². The van der Waals surface area contributed by atoms with Crippen molar-refractivity contribution in [3.8, 4) is 11.3 Å². The molecule has 0 bridgehead atoms. The molecule has 0 aromatic heterocycles. The molecule has 12 heavy (non-hydrogen) atoms. The van der Waals surface area contributed by atoms with Crippen LogP contribution in [0.3, 0.4) is 0 Å². The van der Waals surface area contributed by atoms with E-state index in [1.165, 1.54) is 12.1 Å². The number of rotatable bonds is 0. The van der Waals surface area contributed by atoms with Gasteiger partial charge in [0.05, 0.1) is 6.26 Å². The van der Waals surface area contributed by atoms with E-state index >= 15 is 0 Å². The Bertz CT molecular complexity index is 394. The summed E-state index contributed by atoms with van der Waals surface area (Å²) in [6, 6.07) is 8.46. The number of fused-ring (bicyclic) bond motifs is 1. The molecule has 0 atom stereocenters. The normalized spacial score (nSPS) is 9.33. The number of hydrogen-bond donors (Lipinski definition) is 0. The summed E-state index contributed by atoms with van der Waals surface area (Å²) >= 11 is 0. The predicted octanol–water partition coefficient (Wildman–Crippen LogP) is 2.17. The molecule has 0 radical (unpaired) electrons. The van der Waals surface area contributed by atoms with E-state index in [0.717, 1.165) is 5.56 Å². The fourth-order valence-electron chi connectivity index (χ4n) is 1.01. The average Bonchev–Trinajstić information content (AvgIpc) is 2.04. The molecule has 3 heteroatoms. The van der Waals surface area contributed by atoms with Crippen LogP contribution in [0.25, 0.3) is 11.3 Å². The Morgan fingerprint density at radius 1 is 1.17 bits per heavy atom. The third-order valence-corrected chi connectivity index (χ3v) is 1.53. The van der Waals surface area contributed by atoms with Crippen molar-refractivity contribution in [3.63, 3.8) is 0 Å². The first-order chi connectivity index (χ1) is 5.36. The van der Waals surface area contributed by atoms with Crippen molar-refractivity contribution < 1.29 is 4.42 Å². The summed E-state index contributed by atoms with van der Waals surface area (Å²) in [5.74, 6) is 0.639. The highest BCUT2D eigenvalue weighted by Gasteiger charge is 2.00. The summed E-state index contributed by atoms with van der Waals surface area (Å²) in [6.45, 7) is 0. The van der Waals surface area contributed by atoms with E-state index in [4.69, 9.17) is 4.42 Å². The minimum absolute atomic E-state index is 0. The fraction of sp³-hybridized carbons (Fsp3) is 0. The van der Waals surface area contributed by atoms with Crippen LogP contribution in [0.5, 0.6) is 0 Å². The Morgan fingerprint density at radius 2 is 2.00 bits per heavy atom. The molecule has 0 amide bonds. The Labute approximate surface area is 75.6 Å². The average molecular weight is 183 g/mol. The third-order valence-electron chi connectivity index (χ3n) is 1.53. The van der Waals surface area contributed by atoms with Crippen LogP contribution in [-0.2, 0) is 0 Å². The summed E-state index contributed by atoms with van der Waals surface area (Å²) in [7, 11) is 0. The Morgan fingerprint density at radius 3 is 2.83 bits per heavy atom. The van der Waals surface area contributed by atoms with Crippen LogP contribution in [0, 0.1) is 0 Å². The molecule has 0 N–H and O–H groups in total. The van der Waals surface area contributed by atoms with E-state index in [-0.39, 0.29) is 17.8 Å². The second-order valence-electron chi connectivity index (χ2n) is 2.31. The van der Waals surface area contributed by atoms with E-state index in [0.29, 0.717) is 5.76 Å². The number of hydrogen-bond acceptors (Lipinski definition) is 2. The lowest BCUT2D eigenvalue weighted by molar-refractivity contribution is 0.565. The molecule has 0 unspecified atom stereocenters. The van der Waals surface area contributed by atoms with Gasteiger partial charge in [-0.05, 0) is 24.3 Å². The van der Waals surface area contributed by atoms with Crippen molar-refractivity contribution >= 4 is 12.4 Å². The second-order valence-corrected chi connectivity index (χ2v) is 2.31. The number of benzene rings is 1. The highest BCUT2D eigenvalue weighted by molar-refractivity contribution is 5.85. The topological polar surface area (TPSA) is 30.2 Å². The minimum atomic E-state index is -0.0209. The van der Waals surface area contributed by atoms with Crippen LogP contribution in [0.15, 0.2) is 45.8 Å². The van der Waals surface area contributed by atoms with Gasteiger partial charge in [0.15, 0.2) is 5.43 Å². The summed E-state index contributed by atoms with van der Waals surface area (Å²) in [6.07, 6.45) is 1.56. The quantitative estimate of drug-likeness (QED) is 0.625. The molecule has 2 aliphatic rings. The molecule has 0 saturated heterocycles. The molecule has 0 aromatic carbocycles. The third kappa shape index (κ3) is 1.48. The van der Waals surface area contributed by atoms with Crippen LogP contribution in [0.4, 0.5) is 0 Å². The standard InChI is InChI=1S/C9H6O2.ClH/c10-8-4-3-7-2-1-5-11-9(7)6-8;/h1-6H;1H. The van der Waals surface area contributed by atoms with Crippen molar-refractivity contribution in [1.29, 1.82) is 0 Å². The first-order valence-corrected chi connectivity index (χ1v) is 3.34. The maximum atomic E-state index is 10.8. The lowest BCUT2D eigenvalue weighted by atomic mass is 10.1. The molecule has 0 fully saturated rings. The van der Waals surface area contributed by atoms with Gasteiger partial charge in [0.1, 0.15) is 5.76 Å². The highest BCUT2D eigenvalue weighted by atomic mass is 35.5. The zero-order valence-corrected chi connectivity index (χ0v) is 7.01. The lowest BCUT2D eigenvalue weighted by Crippen LogP contribution is -1.96. The summed E-state index contributed by atoms with van der Waals surface area (Å²) in [4.78, 5) is 10.8. The SMILES string of the molecule is Cl.O=c1ccc2cccoc-2c1. The van der Waals surface area contributed by atoms with Gasteiger partial charge in [-0.2, -0.15) is 0 Å². The van der Waals surface area contributed by atoms with Crippen LogP contribution in [-0.4, -0.2) is 0 Å². The summed E-state index contributed by atoms with van der Waals surface area (Å²) in [5, 5.41) is 0. The Hall–Kier alpha value is -1.28. The zero-order valence-electron chi connectivity index (χ0n) is 6.19. The van der Waals surface area contributed by atoms with Gasteiger partial charge in [0.2, 0.25) is 0 Å². The van der Waals surface area contributed by atoms with Crippen molar-refractivity contribution in [2.24, 2.45) is 0 Å². The van der Waals surface area contributed by atoms with Crippen LogP contribution in [0.2, 0.25) is 0 Å². The van der Waals surface area contributed by atoms with Gasteiger partial charge in [0.25, 0.3) is 0 Å². The maximum Gasteiger partial charge on any atom is 0.182 e. The monoisotopic (exact) mass is 182 g/mol. The molecule has 1 aliphatic carbocycles. The van der Waals surface area contributed by atoms with Gasteiger partial charge < -0.3 is 4.42 Å². The lowest BCUT2D eigenvalue weighted by Gasteiger charge is -1.99. The van der Waals surface area contributed by atoms with Crippen molar-refractivity contribution in [1.82, 2.24) is 0 Å². The van der Waals surface area contributed by atoms with E-state index in [2.05, 4.69) is 0 Å². The Balaban J connectivity index is 0.000000720. The number of halogens is 1. The van der Waals surface area contributed by atoms with Gasteiger partial charge in [-0.1, -0.05) is 0 Å². The van der Waals surface area contributed by atoms with Gasteiger partial charge in [-0.3, -0.25) is 4.79 Å². The molecule has 0 saturated carbocycles. The Kier molecular flexibility index (Phi) is 2.51. The van der Waals surface area contributed by atoms with Crippen LogP contribution >= 0.6 is 12.4 Å².